The highest BCUT2D eigenvalue weighted by atomic mass is 32.2. The fourth-order valence-electron chi connectivity index (χ4n) is 4.04. The van der Waals surface area contributed by atoms with Crippen LogP contribution in [0.5, 0.6) is 0 Å². The highest BCUT2D eigenvalue weighted by Gasteiger charge is 2.56. The van der Waals surface area contributed by atoms with Crippen molar-refractivity contribution < 1.29 is 9.59 Å². The van der Waals surface area contributed by atoms with E-state index in [2.05, 4.69) is 51.2 Å². The first-order valence-corrected chi connectivity index (χ1v) is 12.7. The molecule has 10 nitrogen and oxygen atoms in total. The second kappa shape index (κ2) is 13.1. The van der Waals surface area contributed by atoms with Crippen LogP contribution in [0.3, 0.4) is 0 Å². The zero-order valence-electron chi connectivity index (χ0n) is 20.8. The summed E-state index contributed by atoms with van der Waals surface area (Å²) in [4.78, 5) is 36.8. The first kappa shape index (κ1) is 27.3. The summed E-state index contributed by atoms with van der Waals surface area (Å²) in [6.45, 7) is 10.0. The van der Waals surface area contributed by atoms with Crippen molar-refractivity contribution in [1.82, 2.24) is 25.4 Å². The number of carbonyl (C=O) groups is 2. The first-order valence-electron chi connectivity index (χ1n) is 11.8. The molecule has 2 fully saturated rings. The standard InChI is InChI=1S/C25H34N8O2S/c1-25(2)18-33-23(35)22(24(33)36-25)30-21(34)15-28-14-20(31-26)17-32(13-9-5-4-7-11-27-3)16-19-10-6-8-12-29-19/h4-8,10-12,14,22,24,26,28H,3,9,13,15-18H2,1-2H3,(H,30,34)/b5-4-,11-7-,20-14-,31-26?. The van der Waals surface area contributed by atoms with E-state index in [4.69, 9.17) is 5.53 Å². The molecule has 11 heteroatoms. The molecule has 2 unspecified atom stereocenters. The summed E-state index contributed by atoms with van der Waals surface area (Å²) in [6, 6.07) is 5.29. The van der Waals surface area contributed by atoms with Gasteiger partial charge in [-0.2, -0.15) is 5.11 Å². The maximum atomic E-state index is 12.4. The molecule has 2 aliphatic heterocycles. The summed E-state index contributed by atoms with van der Waals surface area (Å²) in [5.74, 6) is -0.296. The van der Waals surface area contributed by atoms with E-state index in [0.717, 1.165) is 18.7 Å². The van der Waals surface area contributed by atoms with Crippen LogP contribution in [-0.2, 0) is 16.1 Å². The number of nitrogens with zero attached hydrogens (tertiary/aromatic N) is 5. The van der Waals surface area contributed by atoms with Gasteiger partial charge < -0.3 is 15.5 Å². The fourth-order valence-corrected chi connectivity index (χ4v) is 5.53. The molecular weight excluding hydrogens is 476 g/mol. The van der Waals surface area contributed by atoms with Crippen molar-refractivity contribution in [2.24, 2.45) is 10.1 Å². The molecule has 2 saturated heterocycles. The SMILES string of the molecule is C=N/C=C\C=C/CCN(C/C(=C/NCC(=O)NC1C(=O)N2CC(C)(C)SC12)N=N)Cc1ccccn1. The third-order valence-electron chi connectivity index (χ3n) is 5.67. The Hall–Kier alpha value is -3.31. The Bertz CT molecular complexity index is 1020. The predicted molar refractivity (Wildman–Crippen MR) is 142 cm³/mol. The summed E-state index contributed by atoms with van der Waals surface area (Å²) in [6.07, 6.45) is 11.5. The number of pyridine rings is 1. The third-order valence-corrected chi connectivity index (χ3v) is 7.21. The van der Waals surface area contributed by atoms with Gasteiger partial charge >= 0.3 is 0 Å². The van der Waals surface area contributed by atoms with Crippen LogP contribution in [-0.4, -0.2) is 75.7 Å². The van der Waals surface area contributed by atoms with Crippen molar-refractivity contribution in [3.8, 4) is 0 Å². The number of nitrogens with one attached hydrogen (secondary N) is 3. The van der Waals surface area contributed by atoms with E-state index in [0.29, 0.717) is 25.3 Å². The van der Waals surface area contributed by atoms with E-state index in [1.165, 1.54) is 0 Å². The maximum Gasteiger partial charge on any atom is 0.249 e. The Balaban J connectivity index is 1.50. The van der Waals surface area contributed by atoms with Crippen molar-refractivity contribution >= 4 is 30.3 Å². The normalized spacial score (nSPS) is 21.0. The van der Waals surface area contributed by atoms with Gasteiger partial charge in [0.25, 0.3) is 0 Å². The molecule has 0 aromatic carbocycles. The van der Waals surface area contributed by atoms with Crippen LogP contribution in [0.25, 0.3) is 0 Å². The number of aromatic nitrogens is 1. The van der Waals surface area contributed by atoms with Crippen LogP contribution in [0.15, 0.2) is 70.8 Å². The Morgan fingerprint density at radius 3 is 2.97 bits per heavy atom. The van der Waals surface area contributed by atoms with Gasteiger partial charge in [-0.05, 0) is 45.2 Å². The molecule has 1 aromatic rings. The highest BCUT2D eigenvalue weighted by Crippen LogP contribution is 2.46. The molecule has 3 N–H and O–H groups in total. The molecule has 0 spiro atoms. The number of amides is 2. The Morgan fingerprint density at radius 2 is 2.25 bits per heavy atom. The second-order valence-corrected chi connectivity index (χ2v) is 11.0. The molecule has 2 amide bonds. The van der Waals surface area contributed by atoms with Gasteiger partial charge in [-0.1, -0.05) is 18.2 Å². The largest absolute Gasteiger partial charge is 0.381 e. The number of fused-ring (bicyclic) bond motifs is 1. The van der Waals surface area contributed by atoms with Gasteiger partial charge in [-0.3, -0.25) is 24.5 Å². The van der Waals surface area contributed by atoms with E-state index in [-0.39, 0.29) is 28.5 Å². The zero-order chi connectivity index (χ0) is 26.0. The Labute approximate surface area is 216 Å². The minimum Gasteiger partial charge on any atom is -0.381 e. The van der Waals surface area contributed by atoms with Gasteiger partial charge in [-0.15, -0.1) is 11.8 Å². The number of allylic oxidation sites excluding steroid dienone is 2. The molecule has 1 aromatic heterocycles. The van der Waals surface area contributed by atoms with Crippen molar-refractivity contribution in [2.45, 2.75) is 43.0 Å². The number of rotatable bonds is 14. The second-order valence-electron chi connectivity index (χ2n) is 9.18. The first-order chi connectivity index (χ1) is 17.3. The number of thioether (sulfide) groups is 1. The van der Waals surface area contributed by atoms with Crippen LogP contribution >= 0.6 is 11.8 Å². The fraction of sp³-hybridized carbons (Fsp3) is 0.440. The van der Waals surface area contributed by atoms with Gasteiger partial charge in [0.1, 0.15) is 11.4 Å². The van der Waals surface area contributed by atoms with Crippen molar-refractivity contribution in [1.29, 1.82) is 5.53 Å². The Morgan fingerprint density at radius 1 is 1.42 bits per heavy atom. The van der Waals surface area contributed by atoms with Crippen LogP contribution in [0.2, 0.25) is 0 Å². The summed E-state index contributed by atoms with van der Waals surface area (Å²) in [5.41, 5.74) is 8.99. The summed E-state index contributed by atoms with van der Waals surface area (Å²) in [5, 5.41) is 9.41. The average Bonchev–Trinajstić information content (AvgIpc) is 3.16. The molecule has 0 radical (unpaired) electrons. The lowest BCUT2D eigenvalue weighted by molar-refractivity contribution is -0.147. The molecule has 192 valence electrons. The van der Waals surface area contributed by atoms with Crippen molar-refractivity contribution in [3.63, 3.8) is 0 Å². The summed E-state index contributed by atoms with van der Waals surface area (Å²) < 4.78 is 0.00174. The number of β-lactam (4-membered cyclic amide) rings is 1. The molecular formula is C25H34N8O2S. The molecule has 2 atom stereocenters. The van der Waals surface area contributed by atoms with Crippen molar-refractivity contribution in [3.05, 3.63) is 66.4 Å². The lowest BCUT2D eigenvalue weighted by atomic mass is 10.1. The van der Waals surface area contributed by atoms with Crippen LogP contribution in [0, 0.1) is 5.53 Å². The summed E-state index contributed by atoms with van der Waals surface area (Å²) in [7, 11) is 0. The van der Waals surface area contributed by atoms with Gasteiger partial charge in [0, 0.05) is 49.5 Å². The van der Waals surface area contributed by atoms with E-state index in [9.17, 15) is 9.59 Å². The topological polar surface area (TPSA) is 126 Å². The summed E-state index contributed by atoms with van der Waals surface area (Å²) >= 11 is 1.71. The molecule has 3 heterocycles. The monoisotopic (exact) mass is 510 g/mol. The molecule has 3 rings (SSSR count). The Kier molecular flexibility index (Phi) is 9.95. The molecule has 36 heavy (non-hydrogen) atoms. The maximum absolute atomic E-state index is 12.4. The lowest BCUT2D eigenvalue weighted by Gasteiger charge is -2.41. The van der Waals surface area contributed by atoms with E-state index in [1.807, 2.05) is 41.3 Å². The van der Waals surface area contributed by atoms with E-state index >= 15 is 0 Å². The number of hydrogen-bond donors (Lipinski definition) is 3. The zero-order valence-corrected chi connectivity index (χ0v) is 21.6. The minimum atomic E-state index is -0.477. The molecule has 0 aliphatic carbocycles. The minimum absolute atomic E-state index is 0.00174. The van der Waals surface area contributed by atoms with Crippen LogP contribution in [0.1, 0.15) is 26.0 Å². The van der Waals surface area contributed by atoms with Gasteiger partial charge in [-0.25, -0.2) is 5.53 Å². The van der Waals surface area contributed by atoms with Gasteiger partial charge in [0.2, 0.25) is 11.8 Å². The van der Waals surface area contributed by atoms with Gasteiger partial charge in [0.15, 0.2) is 0 Å². The quantitative estimate of drug-likeness (QED) is 0.153. The van der Waals surface area contributed by atoms with Crippen LogP contribution < -0.4 is 10.6 Å². The lowest BCUT2D eigenvalue weighted by Crippen LogP contribution is -2.67. The van der Waals surface area contributed by atoms with E-state index in [1.54, 1.807) is 30.4 Å². The molecule has 0 bridgehead atoms. The van der Waals surface area contributed by atoms with Gasteiger partial charge in [0.05, 0.1) is 17.9 Å². The number of hydrogen-bond acceptors (Lipinski definition) is 9. The third kappa shape index (κ3) is 7.85. The average molecular weight is 511 g/mol. The number of carbonyl (C=O) groups excluding carboxylic acids is 2. The van der Waals surface area contributed by atoms with E-state index < -0.39 is 6.04 Å². The van der Waals surface area contributed by atoms with Crippen LogP contribution in [0.4, 0.5) is 0 Å². The molecule has 2 aliphatic rings. The number of aliphatic imine (C=N–C) groups is 1. The smallest absolute Gasteiger partial charge is 0.249 e. The highest BCUT2D eigenvalue weighted by molar-refractivity contribution is 8.01. The van der Waals surface area contributed by atoms with Crippen molar-refractivity contribution in [2.75, 3.05) is 26.2 Å². The predicted octanol–water partition coefficient (Wildman–Crippen LogP) is 2.68. The molecule has 0 saturated carbocycles.